The van der Waals surface area contributed by atoms with Crippen molar-refractivity contribution in [2.45, 2.75) is 25.9 Å². The van der Waals surface area contributed by atoms with Crippen molar-refractivity contribution in [2.24, 2.45) is 0 Å². The zero-order valence-electron chi connectivity index (χ0n) is 17.9. The van der Waals surface area contributed by atoms with E-state index < -0.39 is 6.10 Å². The molecule has 168 valence electrons. The third-order valence-corrected chi connectivity index (χ3v) is 5.83. The van der Waals surface area contributed by atoms with Crippen LogP contribution in [0.1, 0.15) is 31.4 Å². The van der Waals surface area contributed by atoms with Gasteiger partial charge in [-0.1, -0.05) is 11.6 Å². The van der Waals surface area contributed by atoms with Crippen LogP contribution in [-0.4, -0.2) is 41.1 Å². The summed E-state index contributed by atoms with van der Waals surface area (Å²) in [4.78, 5) is 11.1. The number of ether oxygens (including phenoxy) is 2. The average molecular weight is 457 g/mol. The summed E-state index contributed by atoms with van der Waals surface area (Å²) in [6.45, 7) is 5.65. The lowest BCUT2D eigenvalue weighted by atomic mass is 10.1. The van der Waals surface area contributed by atoms with Crippen molar-refractivity contribution >= 4 is 17.4 Å². The van der Waals surface area contributed by atoms with E-state index in [9.17, 15) is 4.39 Å². The molecule has 1 aromatic carbocycles. The fourth-order valence-electron chi connectivity index (χ4n) is 3.70. The molecule has 0 spiro atoms. The van der Waals surface area contributed by atoms with Gasteiger partial charge in [0.05, 0.1) is 11.9 Å². The van der Waals surface area contributed by atoms with Crippen LogP contribution in [0.15, 0.2) is 48.8 Å². The lowest BCUT2D eigenvalue weighted by molar-refractivity contribution is 0.227. The van der Waals surface area contributed by atoms with Gasteiger partial charge in [-0.25, -0.2) is 9.37 Å². The molecule has 0 amide bonds. The van der Waals surface area contributed by atoms with Gasteiger partial charge < -0.3 is 15.2 Å². The molecule has 8 heteroatoms. The summed E-state index contributed by atoms with van der Waals surface area (Å²) in [7, 11) is 0. The maximum Gasteiger partial charge on any atom is 0.166 e. The Morgan fingerprint density at radius 2 is 1.94 bits per heavy atom. The Balaban J connectivity index is 1.43. The lowest BCUT2D eigenvalue weighted by Crippen LogP contribution is -2.25. The molecule has 3 heterocycles. The summed E-state index contributed by atoms with van der Waals surface area (Å²) in [5.74, 6) is 0.951. The van der Waals surface area contributed by atoms with Crippen molar-refractivity contribution in [3.05, 3.63) is 65.2 Å². The molecule has 0 aliphatic carbocycles. The monoisotopic (exact) mass is 456 g/mol. The van der Waals surface area contributed by atoms with Gasteiger partial charge in [0, 0.05) is 28.9 Å². The fraction of sp³-hybridized carbons (Fsp3) is 0.333. The van der Waals surface area contributed by atoms with E-state index in [1.807, 2.05) is 12.1 Å². The topological polar surface area (TPSA) is 73.5 Å². The molecule has 0 radical (unpaired) electrons. The van der Waals surface area contributed by atoms with E-state index in [0.29, 0.717) is 28.6 Å². The van der Waals surface area contributed by atoms with Gasteiger partial charge in [-0.15, -0.1) is 0 Å². The van der Waals surface area contributed by atoms with Crippen LogP contribution in [0.2, 0.25) is 5.02 Å². The molecule has 1 saturated heterocycles. The molecular formula is C24H26ClFN4O2. The molecule has 3 aromatic rings. The van der Waals surface area contributed by atoms with E-state index in [0.717, 1.165) is 30.9 Å². The molecule has 0 bridgehead atoms. The molecule has 1 atom stereocenters. The largest absolute Gasteiger partial charge is 0.491 e. The number of hydrogen-bond donors (Lipinski definition) is 1. The standard InChI is InChI=1S/C24H26ClFN4O2/c1-16(20-13-18(26)4-6-21(20)25)32-23-12-17(14-29-24(23)27)22-7-5-19(15-28-22)31-11-10-30-8-2-3-9-30/h4-7,12-16H,2-3,8-11H2,1H3,(H2,27,29). The van der Waals surface area contributed by atoms with Crippen LogP contribution < -0.4 is 15.2 Å². The second kappa shape index (κ2) is 10.1. The van der Waals surface area contributed by atoms with E-state index >= 15 is 0 Å². The predicted octanol–water partition coefficient (Wildman–Crippen LogP) is 5.13. The Hall–Kier alpha value is -2.90. The van der Waals surface area contributed by atoms with Crippen LogP contribution in [0.5, 0.6) is 11.5 Å². The van der Waals surface area contributed by atoms with E-state index in [1.165, 1.54) is 31.0 Å². The number of nitrogens with two attached hydrogens (primary N) is 1. The minimum absolute atomic E-state index is 0.231. The first-order chi connectivity index (χ1) is 15.5. The van der Waals surface area contributed by atoms with Crippen LogP contribution in [0.4, 0.5) is 10.2 Å². The zero-order chi connectivity index (χ0) is 22.5. The van der Waals surface area contributed by atoms with Crippen molar-refractivity contribution < 1.29 is 13.9 Å². The number of rotatable bonds is 8. The maximum atomic E-state index is 13.6. The predicted molar refractivity (Wildman–Crippen MR) is 124 cm³/mol. The number of pyridine rings is 2. The van der Waals surface area contributed by atoms with E-state index in [1.54, 1.807) is 25.4 Å². The van der Waals surface area contributed by atoms with Crippen molar-refractivity contribution in [3.63, 3.8) is 0 Å². The molecule has 4 rings (SSSR count). The Kier molecular flexibility index (Phi) is 7.07. The molecular weight excluding hydrogens is 431 g/mol. The fourth-order valence-corrected chi connectivity index (χ4v) is 3.98. The first-order valence-corrected chi connectivity index (χ1v) is 11.1. The summed E-state index contributed by atoms with van der Waals surface area (Å²) >= 11 is 6.19. The van der Waals surface area contributed by atoms with E-state index in [4.69, 9.17) is 26.8 Å². The van der Waals surface area contributed by atoms with E-state index in [-0.39, 0.29) is 11.6 Å². The third-order valence-electron chi connectivity index (χ3n) is 5.49. The normalized spacial score (nSPS) is 15.0. The Morgan fingerprint density at radius 1 is 1.12 bits per heavy atom. The van der Waals surface area contributed by atoms with Crippen LogP contribution in [0.3, 0.4) is 0 Å². The van der Waals surface area contributed by atoms with Gasteiger partial charge in [-0.3, -0.25) is 9.88 Å². The molecule has 1 unspecified atom stereocenters. The Bertz CT molecular complexity index is 1060. The second-order valence-electron chi connectivity index (χ2n) is 7.81. The summed E-state index contributed by atoms with van der Waals surface area (Å²) in [5.41, 5.74) is 8.00. The maximum absolute atomic E-state index is 13.6. The van der Waals surface area contributed by atoms with Gasteiger partial charge in [-0.2, -0.15) is 0 Å². The van der Waals surface area contributed by atoms with Gasteiger partial charge >= 0.3 is 0 Å². The molecule has 2 N–H and O–H groups in total. The summed E-state index contributed by atoms with van der Waals surface area (Å²) in [6.07, 6.45) is 5.36. The quantitative estimate of drug-likeness (QED) is 0.506. The van der Waals surface area contributed by atoms with Crippen LogP contribution in [-0.2, 0) is 0 Å². The number of benzene rings is 1. The molecule has 0 saturated carbocycles. The van der Waals surface area contributed by atoms with Crippen molar-refractivity contribution in [2.75, 3.05) is 32.0 Å². The molecule has 6 nitrogen and oxygen atoms in total. The lowest BCUT2D eigenvalue weighted by Gasteiger charge is -2.18. The van der Waals surface area contributed by atoms with Crippen molar-refractivity contribution in [3.8, 4) is 22.8 Å². The van der Waals surface area contributed by atoms with Gasteiger partial charge in [-0.05, 0) is 69.3 Å². The van der Waals surface area contributed by atoms with Crippen molar-refractivity contribution in [1.82, 2.24) is 14.9 Å². The number of nitrogens with zero attached hydrogens (tertiary/aromatic N) is 3. The highest BCUT2D eigenvalue weighted by molar-refractivity contribution is 6.31. The summed E-state index contributed by atoms with van der Waals surface area (Å²) < 4.78 is 25.4. The number of anilines is 1. The number of likely N-dealkylation sites (tertiary alicyclic amines) is 1. The second-order valence-corrected chi connectivity index (χ2v) is 8.22. The van der Waals surface area contributed by atoms with Gasteiger partial charge in [0.15, 0.2) is 11.6 Å². The number of halogens is 2. The van der Waals surface area contributed by atoms with Crippen LogP contribution in [0, 0.1) is 5.82 Å². The molecule has 2 aromatic heterocycles. The number of nitrogen functional groups attached to an aromatic ring is 1. The highest BCUT2D eigenvalue weighted by atomic mass is 35.5. The van der Waals surface area contributed by atoms with E-state index in [2.05, 4.69) is 14.9 Å². The minimum atomic E-state index is -0.517. The SMILES string of the molecule is CC(Oc1cc(-c2ccc(OCCN3CCCC3)cn2)cnc1N)c1cc(F)ccc1Cl. The Morgan fingerprint density at radius 3 is 2.69 bits per heavy atom. The van der Waals surface area contributed by atoms with Gasteiger partial charge in [0.2, 0.25) is 0 Å². The first kappa shape index (κ1) is 22.3. The number of hydrogen-bond acceptors (Lipinski definition) is 6. The average Bonchev–Trinajstić information content (AvgIpc) is 3.31. The number of aromatic nitrogens is 2. The molecule has 1 fully saturated rings. The highest BCUT2D eigenvalue weighted by Crippen LogP contribution is 2.32. The Labute approximate surface area is 192 Å². The van der Waals surface area contributed by atoms with Crippen molar-refractivity contribution in [1.29, 1.82) is 0 Å². The molecule has 1 aliphatic heterocycles. The molecule has 32 heavy (non-hydrogen) atoms. The van der Waals surface area contributed by atoms with Gasteiger partial charge in [0.1, 0.15) is 24.3 Å². The third kappa shape index (κ3) is 5.47. The smallest absolute Gasteiger partial charge is 0.166 e. The highest BCUT2D eigenvalue weighted by Gasteiger charge is 2.16. The minimum Gasteiger partial charge on any atom is -0.491 e. The van der Waals surface area contributed by atoms with Crippen LogP contribution in [0.25, 0.3) is 11.3 Å². The van der Waals surface area contributed by atoms with Crippen LogP contribution >= 0.6 is 11.6 Å². The molecule has 1 aliphatic rings. The zero-order valence-corrected chi connectivity index (χ0v) is 18.7. The van der Waals surface area contributed by atoms with Gasteiger partial charge in [0.25, 0.3) is 0 Å². The summed E-state index contributed by atoms with van der Waals surface area (Å²) in [5, 5.41) is 0.420. The summed E-state index contributed by atoms with van der Waals surface area (Å²) in [6, 6.07) is 9.68. The first-order valence-electron chi connectivity index (χ1n) is 10.7.